The molecule has 4 saturated carbocycles. The summed E-state index contributed by atoms with van der Waals surface area (Å²) in [6.45, 7) is 16.2. The molecule has 0 radical (unpaired) electrons. The van der Waals surface area contributed by atoms with E-state index in [4.69, 9.17) is 31.4 Å². The van der Waals surface area contributed by atoms with E-state index in [1.54, 1.807) is 0 Å². The first-order valence-corrected chi connectivity index (χ1v) is 20.0. The summed E-state index contributed by atoms with van der Waals surface area (Å²) in [5.41, 5.74) is 18.4. The molecular weight excluding hydrogens is 572 g/mol. The standard InChI is InChI=1S/C39H76N4O3/c1-5-6-7-8-9-10-20-43-21-11-12-29(2)34-14-13-30-26-33-35(28-37(39(30,34)4)46-24-19-42)38(3)16-15-32(44-22-17-40)25-31(38)27-36(33)45-23-18-41/h29-37,43H,5-28,40-42H2,1-4H3/t29-,30+,31?,32-,33?,34?,35+,36-,37+,38?,39?/m1/s1. The molecule has 0 aromatic rings. The van der Waals surface area contributed by atoms with Gasteiger partial charge in [-0.25, -0.2) is 0 Å². The first kappa shape index (κ1) is 38.5. The number of unbranched alkanes of at least 4 members (excludes halogenated alkanes) is 5. The third-order valence-electron chi connectivity index (χ3n) is 13.8. The third kappa shape index (κ3) is 9.28. The molecule has 7 N–H and O–H groups in total. The Balaban J connectivity index is 1.45. The van der Waals surface area contributed by atoms with Crippen molar-refractivity contribution >= 4 is 0 Å². The van der Waals surface area contributed by atoms with Gasteiger partial charge < -0.3 is 36.7 Å². The highest BCUT2D eigenvalue weighted by atomic mass is 16.5. The van der Waals surface area contributed by atoms with Gasteiger partial charge >= 0.3 is 0 Å². The van der Waals surface area contributed by atoms with E-state index in [1.165, 1.54) is 83.6 Å². The molecule has 4 aliphatic rings. The predicted octanol–water partition coefficient (Wildman–Crippen LogP) is 6.65. The maximum absolute atomic E-state index is 6.94. The molecule has 7 heteroatoms. The van der Waals surface area contributed by atoms with Gasteiger partial charge in [-0.15, -0.1) is 0 Å². The lowest BCUT2D eigenvalue weighted by Gasteiger charge is -2.57. The Bertz CT molecular complexity index is 848. The number of fused-ring (bicyclic) bond motifs is 4. The van der Waals surface area contributed by atoms with Gasteiger partial charge in [-0.05, 0) is 130 Å². The molecule has 0 heterocycles. The van der Waals surface area contributed by atoms with Crippen molar-refractivity contribution in [2.75, 3.05) is 52.5 Å². The van der Waals surface area contributed by atoms with Crippen molar-refractivity contribution in [2.45, 2.75) is 149 Å². The Kier molecular flexibility index (Phi) is 16.1. The second-order valence-corrected chi connectivity index (χ2v) is 16.5. The average molecular weight is 649 g/mol. The quantitative estimate of drug-likeness (QED) is 0.103. The van der Waals surface area contributed by atoms with Crippen molar-refractivity contribution in [3.05, 3.63) is 0 Å². The van der Waals surface area contributed by atoms with E-state index < -0.39 is 0 Å². The zero-order valence-corrected chi connectivity index (χ0v) is 30.6. The summed E-state index contributed by atoms with van der Waals surface area (Å²) in [6, 6.07) is 0. The molecule has 4 rings (SSSR count). The molecule has 46 heavy (non-hydrogen) atoms. The van der Waals surface area contributed by atoms with Gasteiger partial charge in [0.25, 0.3) is 0 Å². The van der Waals surface area contributed by atoms with Crippen LogP contribution in [0.1, 0.15) is 130 Å². The summed E-state index contributed by atoms with van der Waals surface area (Å²) >= 11 is 0. The van der Waals surface area contributed by atoms with Crippen LogP contribution in [0.3, 0.4) is 0 Å². The molecule has 0 spiro atoms. The van der Waals surface area contributed by atoms with E-state index in [-0.39, 0.29) is 23.0 Å². The van der Waals surface area contributed by atoms with Gasteiger partial charge in [-0.1, -0.05) is 59.8 Å². The summed E-state index contributed by atoms with van der Waals surface area (Å²) in [7, 11) is 0. The minimum atomic E-state index is 0.184. The highest BCUT2D eigenvalue weighted by Gasteiger charge is 2.62. The van der Waals surface area contributed by atoms with Gasteiger partial charge in [-0.2, -0.15) is 0 Å². The first-order chi connectivity index (χ1) is 22.3. The smallest absolute Gasteiger partial charge is 0.0637 e. The zero-order valence-electron chi connectivity index (χ0n) is 30.6. The SMILES string of the molecule is CCCCCCCCNCCC[C@@H](C)C1CC[C@H]2CC3[C@H](OCCN)CC4C[C@H](OCCN)CCC4(C)[C@H]3C[C@H](OCCN)C12C. The van der Waals surface area contributed by atoms with Crippen LogP contribution in [0, 0.1) is 46.3 Å². The predicted molar refractivity (Wildman–Crippen MR) is 192 cm³/mol. The molecule has 0 bridgehead atoms. The van der Waals surface area contributed by atoms with E-state index in [9.17, 15) is 0 Å². The van der Waals surface area contributed by atoms with Gasteiger partial charge in [0.15, 0.2) is 0 Å². The number of nitrogens with two attached hydrogens (primary N) is 3. The second kappa shape index (κ2) is 19.2. The van der Waals surface area contributed by atoms with Crippen LogP contribution >= 0.6 is 0 Å². The van der Waals surface area contributed by atoms with Crippen LogP contribution in [-0.4, -0.2) is 70.9 Å². The molecule has 4 fully saturated rings. The number of hydrogen-bond donors (Lipinski definition) is 4. The summed E-state index contributed by atoms with van der Waals surface area (Å²) < 4.78 is 19.9. The lowest BCUT2D eigenvalue weighted by Crippen LogP contribution is -2.54. The van der Waals surface area contributed by atoms with Crippen molar-refractivity contribution in [1.29, 1.82) is 0 Å². The van der Waals surface area contributed by atoms with E-state index in [1.807, 2.05) is 0 Å². The molecule has 11 atom stereocenters. The highest BCUT2D eigenvalue weighted by Crippen LogP contribution is 2.66. The van der Waals surface area contributed by atoms with Crippen LogP contribution in [-0.2, 0) is 14.2 Å². The fourth-order valence-corrected chi connectivity index (χ4v) is 11.2. The van der Waals surface area contributed by atoms with Crippen LogP contribution in [0.5, 0.6) is 0 Å². The van der Waals surface area contributed by atoms with Crippen molar-refractivity contribution in [2.24, 2.45) is 63.5 Å². The minimum Gasteiger partial charge on any atom is -0.377 e. The molecule has 0 aromatic heterocycles. The number of ether oxygens (including phenoxy) is 3. The van der Waals surface area contributed by atoms with Gasteiger partial charge in [0.2, 0.25) is 0 Å². The van der Waals surface area contributed by atoms with Crippen molar-refractivity contribution < 1.29 is 14.2 Å². The first-order valence-electron chi connectivity index (χ1n) is 20.0. The summed E-state index contributed by atoms with van der Waals surface area (Å²) in [5.74, 6) is 3.86. The summed E-state index contributed by atoms with van der Waals surface area (Å²) in [5, 5.41) is 3.76. The van der Waals surface area contributed by atoms with Crippen molar-refractivity contribution in [3.63, 3.8) is 0 Å². The second-order valence-electron chi connectivity index (χ2n) is 16.5. The summed E-state index contributed by atoms with van der Waals surface area (Å²) in [6.07, 6.45) is 21.4. The van der Waals surface area contributed by atoms with E-state index >= 15 is 0 Å². The van der Waals surface area contributed by atoms with E-state index in [2.05, 4.69) is 33.0 Å². The minimum absolute atomic E-state index is 0.184. The Labute approximate surface area is 283 Å². The Hall–Kier alpha value is -0.280. The fraction of sp³-hybridized carbons (Fsp3) is 1.00. The largest absolute Gasteiger partial charge is 0.377 e. The topological polar surface area (TPSA) is 118 Å². The number of hydrogen-bond acceptors (Lipinski definition) is 7. The molecule has 0 amide bonds. The Morgan fingerprint density at radius 2 is 1.43 bits per heavy atom. The molecule has 7 nitrogen and oxygen atoms in total. The van der Waals surface area contributed by atoms with Crippen LogP contribution < -0.4 is 22.5 Å². The number of rotatable bonds is 21. The fourth-order valence-electron chi connectivity index (χ4n) is 11.2. The molecule has 0 aromatic carbocycles. The third-order valence-corrected chi connectivity index (χ3v) is 13.8. The summed E-state index contributed by atoms with van der Waals surface area (Å²) in [4.78, 5) is 0. The van der Waals surface area contributed by atoms with Gasteiger partial charge in [0, 0.05) is 19.6 Å². The van der Waals surface area contributed by atoms with Crippen LogP contribution in [0.4, 0.5) is 0 Å². The van der Waals surface area contributed by atoms with Gasteiger partial charge in [0.05, 0.1) is 38.1 Å². The molecule has 4 aliphatic carbocycles. The lowest BCUT2D eigenvalue weighted by molar-refractivity contribution is -0.156. The Morgan fingerprint density at radius 1 is 0.739 bits per heavy atom. The van der Waals surface area contributed by atoms with E-state index in [0.717, 1.165) is 32.2 Å². The Morgan fingerprint density at radius 3 is 2.20 bits per heavy atom. The van der Waals surface area contributed by atoms with Gasteiger partial charge in [-0.3, -0.25) is 0 Å². The van der Waals surface area contributed by atoms with Crippen LogP contribution in [0.2, 0.25) is 0 Å². The molecule has 0 aliphatic heterocycles. The maximum atomic E-state index is 6.94. The number of nitrogens with one attached hydrogen (secondary N) is 1. The molecule has 0 saturated heterocycles. The lowest BCUT2D eigenvalue weighted by atomic mass is 9.50. The van der Waals surface area contributed by atoms with Crippen LogP contribution in [0.25, 0.3) is 0 Å². The molecule has 5 unspecified atom stereocenters. The van der Waals surface area contributed by atoms with Crippen molar-refractivity contribution in [1.82, 2.24) is 5.32 Å². The molecule has 270 valence electrons. The van der Waals surface area contributed by atoms with Crippen LogP contribution in [0.15, 0.2) is 0 Å². The van der Waals surface area contributed by atoms with Crippen molar-refractivity contribution in [3.8, 4) is 0 Å². The highest BCUT2D eigenvalue weighted by molar-refractivity contribution is 5.11. The molecular formula is C39H76N4O3. The maximum Gasteiger partial charge on any atom is 0.0637 e. The average Bonchev–Trinajstić information content (AvgIpc) is 3.32. The van der Waals surface area contributed by atoms with Gasteiger partial charge in [0.1, 0.15) is 0 Å². The zero-order chi connectivity index (χ0) is 33.0. The van der Waals surface area contributed by atoms with E-state index in [0.29, 0.717) is 81.1 Å². The normalized spacial score (nSPS) is 38.2. The monoisotopic (exact) mass is 649 g/mol.